The maximum atomic E-state index is 2.22. The van der Waals surface area contributed by atoms with Crippen molar-refractivity contribution >= 4 is 151 Å². The smallest absolute Gasteiger partial charge is 0.00264 e. The summed E-state index contributed by atoms with van der Waals surface area (Å²) in [6.07, 6.45) is 0. The van der Waals surface area contributed by atoms with Crippen LogP contribution in [0, 0.1) is 0 Å². The molecule has 0 aromatic heterocycles. The van der Waals surface area contributed by atoms with Gasteiger partial charge in [-0.05, 0) is 262 Å². The summed E-state index contributed by atoms with van der Waals surface area (Å²) in [5.74, 6) is 0. The Labute approximate surface area is 742 Å². The third-order valence-electron chi connectivity index (χ3n) is 27.2. The molecule has 0 spiro atoms. The Balaban J connectivity index is 0.0000000793. The van der Waals surface area contributed by atoms with Gasteiger partial charge in [0, 0.05) is 0 Å². The van der Waals surface area contributed by atoms with E-state index in [9.17, 15) is 0 Å². The van der Waals surface area contributed by atoms with Crippen LogP contribution in [0.3, 0.4) is 0 Å². The highest BCUT2D eigenvalue weighted by Gasteiger charge is 2.26. The number of benzene rings is 27. The first-order valence-corrected chi connectivity index (χ1v) is 44.5. The van der Waals surface area contributed by atoms with Gasteiger partial charge in [0.05, 0.1) is 0 Å². The first-order chi connectivity index (χ1) is 63.5. The Kier molecular flexibility index (Phi) is 17.8. The minimum absolute atomic E-state index is 1.34. The zero-order valence-electron chi connectivity index (χ0n) is 70.2. The maximum Gasteiger partial charge on any atom is -0.00264 e. The molecule has 0 amide bonds. The van der Waals surface area contributed by atoms with Crippen LogP contribution in [0.25, 0.3) is 262 Å². The van der Waals surface area contributed by atoms with Gasteiger partial charge in [0.1, 0.15) is 0 Å². The molecule has 0 N–H and O–H groups in total. The molecule has 0 fully saturated rings. The van der Waals surface area contributed by atoms with Crippen molar-refractivity contribution in [2.75, 3.05) is 0 Å². The van der Waals surface area contributed by atoms with E-state index < -0.39 is 0 Å². The summed E-state index contributed by atoms with van der Waals surface area (Å²) in [6, 6.07) is 174. The molecule has 27 aromatic carbocycles. The van der Waals surface area contributed by atoms with Gasteiger partial charge in [-0.3, -0.25) is 0 Å². The van der Waals surface area contributed by atoms with Crippen LogP contribution in [0.4, 0.5) is 0 Å². The van der Waals surface area contributed by atoms with E-state index in [-0.39, 0.29) is 0 Å². The molecule has 0 radical (unpaired) electrons. The van der Waals surface area contributed by atoms with Gasteiger partial charge in [-0.15, -0.1) is 0 Å². The van der Waals surface area contributed by atoms with Crippen molar-refractivity contribution in [3.8, 4) is 111 Å². The standard InChI is InChI=1S/8C16H10/c3*1-3-11-7-9-13-5-2-6-14-10-8-12(4-1)15(11)16(13)14;5*1-2-8-13-12(7-1)14-9-3-5-11-6-4-10-15(13)16(11)14/h8*1-10H. The van der Waals surface area contributed by atoms with E-state index in [1.165, 1.54) is 262 Å². The number of fused-ring (bicyclic) bond motifs is 15. The third-order valence-corrected chi connectivity index (χ3v) is 27.2. The van der Waals surface area contributed by atoms with Gasteiger partial charge in [0.25, 0.3) is 0 Å². The van der Waals surface area contributed by atoms with Crippen LogP contribution in [-0.2, 0) is 0 Å². The first-order valence-electron chi connectivity index (χ1n) is 44.5. The Morgan fingerprint density at radius 1 is 0.0547 bits per heavy atom. The van der Waals surface area contributed by atoms with Gasteiger partial charge in [-0.25, -0.2) is 0 Å². The SMILES string of the molecule is c1cc2ccc3cccc4ccc(c1)c2c34.c1cc2ccc3cccc4ccc(c1)c2c34.c1cc2ccc3cccc4ccc(c1)c2c34.c1ccc2c(c1)-c1cccc3cccc-2c13.c1ccc2c(c1)-c1cccc3cccc-2c13.c1ccc2c(c1)-c1cccc3cccc-2c13.c1ccc2c(c1)-c1cccc3cccc-2c13.c1ccc2c(c1)-c1cccc3cccc-2c13. The molecule has 128 heavy (non-hydrogen) atoms. The van der Waals surface area contributed by atoms with E-state index in [4.69, 9.17) is 0 Å². The number of hydrogen-bond acceptors (Lipinski definition) is 0. The molecule has 32 rings (SSSR count). The van der Waals surface area contributed by atoms with Crippen molar-refractivity contribution in [2.24, 2.45) is 0 Å². The Morgan fingerprint density at radius 2 is 0.133 bits per heavy atom. The molecule has 0 atom stereocenters. The lowest BCUT2D eigenvalue weighted by Gasteiger charge is -2.09. The summed E-state index contributed by atoms with van der Waals surface area (Å²) in [5.41, 5.74) is 27.5. The second-order valence-corrected chi connectivity index (χ2v) is 34.1. The number of rotatable bonds is 0. The Bertz CT molecular complexity index is 7340. The summed E-state index contributed by atoms with van der Waals surface area (Å²) in [4.78, 5) is 0. The van der Waals surface area contributed by atoms with E-state index in [2.05, 4.69) is 485 Å². The molecule has 0 saturated carbocycles. The Morgan fingerprint density at radius 3 is 0.234 bits per heavy atom. The Hall–Kier alpha value is -16.6. The van der Waals surface area contributed by atoms with Crippen LogP contribution in [0.15, 0.2) is 485 Å². The zero-order valence-corrected chi connectivity index (χ0v) is 70.2. The molecular formula is C128H80. The molecule has 0 unspecified atom stereocenters. The maximum absolute atomic E-state index is 2.22. The van der Waals surface area contributed by atoms with Crippen LogP contribution >= 0.6 is 0 Å². The molecule has 0 saturated heterocycles. The molecular weight excluding hydrogens is 1540 g/mol. The average Bonchev–Trinajstić information content (AvgIpc) is 1.44. The van der Waals surface area contributed by atoms with Gasteiger partial charge in [-0.1, -0.05) is 485 Å². The molecule has 5 aliphatic carbocycles. The monoisotopic (exact) mass is 1620 g/mol. The van der Waals surface area contributed by atoms with Gasteiger partial charge < -0.3 is 0 Å². The third kappa shape index (κ3) is 12.2. The average molecular weight is 1620 g/mol. The van der Waals surface area contributed by atoms with Gasteiger partial charge in [0.15, 0.2) is 0 Å². The van der Waals surface area contributed by atoms with E-state index in [0.29, 0.717) is 0 Å². The molecule has 0 heterocycles. The van der Waals surface area contributed by atoms with E-state index in [0.717, 1.165) is 0 Å². The highest BCUT2D eigenvalue weighted by Crippen LogP contribution is 2.53. The van der Waals surface area contributed by atoms with Crippen molar-refractivity contribution in [2.45, 2.75) is 0 Å². The second-order valence-electron chi connectivity index (χ2n) is 34.1. The summed E-state index contributed by atoms with van der Waals surface area (Å²) in [6.45, 7) is 0. The molecule has 0 nitrogen and oxygen atoms in total. The highest BCUT2D eigenvalue weighted by atomic mass is 14.3. The second kappa shape index (κ2) is 30.7. The molecule has 0 aliphatic heterocycles. The summed E-state index contributed by atoms with van der Waals surface area (Å²) < 4.78 is 0. The van der Waals surface area contributed by atoms with Gasteiger partial charge >= 0.3 is 0 Å². The van der Waals surface area contributed by atoms with Crippen LogP contribution in [0.5, 0.6) is 0 Å². The molecule has 0 heteroatoms. The predicted molar refractivity (Wildman–Crippen MR) is 552 cm³/mol. The fourth-order valence-corrected chi connectivity index (χ4v) is 21.7. The van der Waals surface area contributed by atoms with Crippen LogP contribution in [-0.4, -0.2) is 0 Å². The van der Waals surface area contributed by atoms with E-state index >= 15 is 0 Å². The summed E-state index contributed by atoms with van der Waals surface area (Å²) in [5, 5.41) is 38.2. The fraction of sp³-hybridized carbons (Fsp3) is 0. The number of hydrogen-bond donors (Lipinski definition) is 0. The summed E-state index contributed by atoms with van der Waals surface area (Å²) >= 11 is 0. The lowest BCUT2D eigenvalue weighted by molar-refractivity contribution is 1.70. The van der Waals surface area contributed by atoms with Crippen molar-refractivity contribution in [3.05, 3.63) is 485 Å². The molecule has 27 aromatic rings. The van der Waals surface area contributed by atoms with E-state index in [1.807, 2.05) is 0 Å². The lowest BCUT2D eigenvalue weighted by atomic mass is 9.95. The van der Waals surface area contributed by atoms with E-state index in [1.54, 1.807) is 0 Å². The van der Waals surface area contributed by atoms with Crippen molar-refractivity contribution in [1.29, 1.82) is 0 Å². The quantitative estimate of drug-likeness (QED) is 0.133. The van der Waals surface area contributed by atoms with Crippen molar-refractivity contribution < 1.29 is 0 Å². The topological polar surface area (TPSA) is 0 Å². The minimum atomic E-state index is 1.34. The predicted octanol–water partition coefficient (Wildman–Crippen LogP) is 36.2. The molecule has 0 bridgehead atoms. The first kappa shape index (κ1) is 74.0. The largest absolute Gasteiger partial charge is 0.0616 e. The van der Waals surface area contributed by atoms with Crippen LogP contribution < -0.4 is 0 Å². The van der Waals surface area contributed by atoms with Crippen LogP contribution in [0.2, 0.25) is 0 Å². The molecule has 592 valence electrons. The minimum Gasteiger partial charge on any atom is -0.0616 e. The van der Waals surface area contributed by atoms with Crippen molar-refractivity contribution in [1.82, 2.24) is 0 Å². The normalized spacial score (nSPS) is 11.8. The van der Waals surface area contributed by atoms with Gasteiger partial charge in [-0.2, -0.15) is 0 Å². The molecule has 5 aliphatic rings. The van der Waals surface area contributed by atoms with Gasteiger partial charge in [0.2, 0.25) is 0 Å². The lowest BCUT2D eigenvalue weighted by Crippen LogP contribution is -1.82. The summed E-state index contributed by atoms with van der Waals surface area (Å²) in [7, 11) is 0. The fourth-order valence-electron chi connectivity index (χ4n) is 21.7. The highest BCUT2D eigenvalue weighted by molar-refractivity contribution is 6.27. The van der Waals surface area contributed by atoms with Crippen molar-refractivity contribution in [3.63, 3.8) is 0 Å². The zero-order chi connectivity index (χ0) is 84.3. The van der Waals surface area contributed by atoms with Crippen LogP contribution in [0.1, 0.15) is 0 Å².